The van der Waals surface area contributed by atoms with Crippen LogP contribution in [-0.4, -0.2) is 50.0 Å². The number of nitrogens with one attached hydrogen (secondary N) is 2. The quantitative estimate of drug-likeness (QED) is 0.837. The van der Waals surface area contributed by atoms with Gasteiger partial charge in [0.15, 0.2) is 0 Å². The number of benzene rings is 2. The average molecular weight is 393 g/mol. The fourth-order valence-corrected chi connectivity index (χ4v) is 4.29. The van der Waals surface area contributed by atoms with Crippen LogP contribution in [0.5, 0.6) is 5.75 Å². The Kier molecular flexibility index (Phi) is 5.53. The Morgan fingerprint density at radius 3 is 2.41 bits per heavy atom. The van der Waals surface area contributed by atoms with E-state index < -0.39 is 0 Å². The molecule has 0 aliphatic carbocycles. The zero-order valence-corrected chi connectivity index (χ0v) is 16.7. The van der Waals surface area contributed by atoms with E-state index in [4.69, 9.17) is 4.74 Å². The highest BCUT2D eigenvalue weighted by Gasteiger charge is 2.38. The number of ether oxygens (including phenoxy) is 1. The summed E-state index contributed by atoms with van der Waals surface area (Å²) in [6.45, 7) is 3.67. The van der Waals surface area contributed by atoms with Crippen LogP contribution in [0.3, 0.4) is 0 Å². The molecule has 29 heavy (non-hydrogen) atoms. The molecule has 0 bridgehead atoms. The molecule has 2 aliphatic rings. The first-order valence-corrected chi connectivity index (χ1v) is 10.1. The molecule has 0 saturated carbocycles. The van der Waals surface area contributed by atoms with Crippen LogP contribution in [0.1, 0.15) is 40.0 Å². The van der Waals surface area contributed by atoms with Gasteiger partial charge in [-0.25, -0.2) is 0 Å². The Bertz CT molecular complexity index is 878. The van der Waals surface area contributed by atoms with Gasteiger partial charge in [0.1, 0.15) is 5.75 Å². The van der Waals surface area contributed by atoms with Crippen LogP contribution < -0.4 is 15.4 Å². The number of hydrogen-bond donors (Lipinski definition) is 2. The van der Waals surface area contributed by atoms with Crippen molar-refractivity contribution in [3.8, 4) is 5.75 Å². The lowest BCUT2D eigenvalue weighted by molar-refractivity contribution is 0.0608. The number of piperidine rings is 1. The number of likely N-dealkylation sites (tertiary alicyclic amines) is 1. The molecule has 2 saturated heterocycles. The van der Waals surface area contributed by atoms with E-state index in [2.05, 4.69) is 10.6 Å². The fourth-order valence-electron chi connectivity index (χ4n) is 4.29. The third-order valence-corrected chi connectivity index (χ3v) is 6.20. The van der Waals surface area contributed by atoms with Gasteiger partial charge in [0.2, 0.25) is 0 Å². The molecule has 0 aromatic heterocycles. The molecule has 6 heteroatoms. The monoisotopic (exact) mass is 393 g/mol. The molecule has 2 fully saturated rings. The van der Waals surface area contributed by atoms with E-state index in [1.54, 1.807) is 43.5 Å². The molecule has 2 aliphatic heterocycles. The standard InChI is InChI=1S/C23H27N3O3/c1-29-18-8-6-17(7-9-18)21(27)25-20-5-3-2-4-19(20)22(28)26-14-11-23(12-15-26)10-13-24-16-23/h2-9,24H,10-16H2,1H3,(H,25,27). The molecule has 0 unspecified atom stereocenters. The lowest BCUT2D eigenvalue weighted by Gasteiger charge is -2.39. The lowest BCUT2D eigenvalue weighted by atomic mass is 9.78. The fraction of sp³-hybridized carbons (Fsp3) is 0.391. The van der Waals surface area contributed by atoms with Gasteiger partial charge in [-0.05, 0) is 67.6 Å². The molecule has 6 nitrogen and oxygen atoms in total. The molecule has 4 rings (SSSR count). The second-order valence-electron chi connectivity index (χ2n) is 7.95. The molecule has 0 atom stereocenters. The minimum atomic E-state index is -0.248. The molecular weight excluding hydrogens is 366 g/mol. The van der Waals surface area contributed by atoms with E-state index in [1.165, 1.54) is 6.42 Å². The van der Waals surface area contributed by atoms with E-state index in [1.807, 2.05) is 17.0 Å². The van der Waals surface area contributed by atoms with Crippen molar-refractivity contribution in [3.63, 3.8) is 0 Å². The number of nitrogens with zero attached hydrogens (tertiary/aromatic N) is 1. The van der Waals surface area contributed by atoms with Crippen LogP contribution >= 0.6 is 0 Å². The van der Waals surface area contributed by atoms with Crippen LogP contribution in [-0.2, 0) is 0 Å². The zero-order valence-electron chi connectivity index (χ0n) is 16.7. The van der Waals surface area contributed by atoms with Gasteiger partial charge in [0.05, 0.1) is 18.4 Å². The summed E-state index contributed by atoms with van der Waals surface area (Å²) in [5, 5.41) is 6.35. The summed E-state index contributed by atoms with van der Waals surface area (Å²) in [5.41, 5.74) is 1.96. The van der Waals surface area contributed by atoms with Gasteiger partial charge in [-0.15, -0.1) is 0 Å². The summed E-state index contributed by atoms with van der Waals surface area (Å²) in [6.07, 6.45) is 3.27. The van der Waals surface area contributed by atoms with Crippen LogP contribution in [0, 0.1) is 5.41 Å². The molecule has 0 radical (unpaired) electrons. The smallest absolute Gasteiger partial charge is 0.255 e. The van der Waals surface area contributed by atoms with Gasteiger partial charge in [-0.3, -0.25) is 9.59 Å². The number of anilines is 1. The molecule has 2 amide bonds. The number of carbonyl (C=O) groups is 2. The summed E-state index contributed by atoms with van der Waals surface area (Å²) in [6, 6.07) is 14.1. The number of para-hydroxylation sites is 1. The first-order chi connectivity index (χ1) is 14.1. The lowest BCUT2D eigenvalue weighted by Crippen LogP contribution is -2.44. The molecule has 2 aromatic rings. The summed E-state index contributed by atoms with van der Waals surface area (Å²) in [4.78, 5) is 27.7. The summed E-state index contributed by atoms with van der Waals surface area (Å²) in [5.74, 6) is 0.427. The van der Waals surface area contributed by atoms with Crippen molar-refractivity contribution in [2.24, 2.45) is 5.41 Å². The van der Waals surface area contributed by atoms with Crippen LogP contribution in [0.15, 0.2) is 48.5 Å². The minimum absolute atomic E-state index is 0.0172. The zero-order chi connectivity index (χ0) is 20.3. The Balaban J connectivity index is 1.46. The highest BCUT2D eigenvalue weighted by Crippen LogP contribution is 2.37. The highest BCUT2D eigenvalue weighted by molar-refractivity contribution is 6.09. The van der Waals surface area contributed by atoms with Gasteiger partial charge >= 0.3 is 0 Å². The van der Waals surface area contributed by atoms with Gasteiger partial charge in [0, 0.05) is 25.2 Å². The highest BCUT2D eigenvalue weighted by atomic mass is 16.5. The molecule has 2 heterocycles. The maximum atomic E-state index is 13.2. The predicted octanol–water partition coefficient (Wildman–Crippen LogP) is 3.16. The first kappa shape index (κ1) is 19.5. The Morgan fingerprint density at radius 2 is 1.76 bits per heavy atom. The van der Waals surface area contributed by atoms with Gasteiger partial charge in [-0.2, -0.15) is 0 Å². The molecule has 152 valence electrons. The van der Waals surface area contributed by atoms with Gasteiger partial charge in [-0.1, -0.05) is 12.1 Å². The number of methoxy groups -OCH3 is 1. The van der Waals surface area contributed by atoms with Crippen molar-refractivity contribution in [2.45, 2.75) is 19.3 Å². The Labute approximate surface area is 171 Å². The van der Waals surface area contributed by atoms with Crippen LogP contribution in [0.2, 0.25) is 0 Å². The van der Waals surface area contributed by atoms with Crippen molar-refractivity contribution >= 4 is 17.5 Å². The Morgan fingerprint density at radius 1 is 1.03 bits per heavy atom. The Hall–Kier alpha value is -2.86. The van der Waals surface area contributed by atoms with Crippen molar-refractivity contribution in [3.05, 3.63) is 59.7 Å². The maximum Gasteiger partial charge on any atom is 0.255 e. The van der Waals surface area contributed by atoms with E-state index in [-0.39, 0.29) is 11.8 Å². The summed E-state index contributed by atoms with van der Waals surface area (Å²) >= 11 is 0. The van der Waals surface area contributed by atoms with Crippen LogP contribution in [0.4, 0.5) is 5.69 Å². The molecular formula is C23H27N3O3. The predicted molar refractivity (Wildman–Crippen MR) is 112 cm³/mol. The number of amides is 2. The minimum Gasteiger partial charge on any atom is -0.497 e. The van der Waals surface area contributed by atoms with E-state index in [9.17, 15) is 9.59 Å². The number of carbonyl (C=O) groups excluding carboxylic acids is 2. The van der Waals surface area contributed by atoms with E-state index in [0.717, 1.165) is 39.0 Å². The topological polar surface area (TPSA) is 70.7 Å². The molecule has 2 aromatic carbocycles. The maximum absolute atomic E-state index is 13.2. The summed E-state index contributed by atoms with van der Waals surface area (Å²) < 4.78 is 5.13. The molecule has 2 N–H and O–H groups in total. The van der Waals surface area contributed by atoms with Gasteiger partial charge < -0.3 is 20.3 Å². The second kappa shape index (κ2) is 8.25. The van der Waals surface area contributed by atoms with Crippen molar-refractivity contribution < 1.29 is 14.3 Å². The third-order valence-electron chi connectivity index (χ3n) is 6.20. The van der Waals surface area contributed by atoms with Crippen molar-refractivity contribution in [1.82, 2.24) is 10.2 Å². The number of rotatable bonds is 4. The van der Waals surface area contributed by atoms with Crippen LogP contribution in [0.25, 0.3) is 0 Å². The van der Waals surface area contributed by atoms with Gasteiger partial charge in [0.25, 0.3) is 11.8 Å². The van der Waals surface area contributed by atoms with Crippen molar-refractivity contribution in [1.29, 1.82) is 0 Å². The van der Waals surface area contributed by atoms with Crippen molar-refractivity contribution in [2.75, 3.05) is 38.6 Å². The molecule has 1 spiro atoms. The van der Waals surface area contributed by atoms with E-state index >= 15 is 0 Å². The third kappa shape index (κ3) is 4.12. The first-order valence-electron chi connectivity index (χ1n) is 10.1. The SMILES string of the molecule is COc1ccc(C(=O)Nc2ccccc2C(=O)N2CCC3(CCNC3)CC2)cc1. The van der Waals surface area contributed by atoms with E-state index in [0.29, 0.717) is 28.0 Å². The number of hydrogen-bond acceptors (Lipinski definition) is 4. The largest absolute Gasteiger partial charge is 0.497 e. The normalized spacial score (nSPS) is 17.9. The average Bonchev–Trinajstić information content (AvgIpc) is 3.22. The summed E-state index contributed by atoms with van der Waals surface area (Å²) in [7, 11) is 1.59. The second-order valence-corrected chi connectivity index (χ2v) is 7.95.